The van der Waals surface area contributed by atoms with E-state index in [1.165, 1.54) is 44.1 Å². The van der Waals surface area contributed by atoms with Gasteiger partial charge in [0, 0.05) is 0 Å². The lowest BCUT2D eigenvalue weighted by Gasteiger charge is -2.39. The summed E-state index contributed by atoms with van der Waals surface area (Å²) < 4.78 is 0. The molecule has 1 aliphatic rings. The number of hydrogen-bond acceptors (Lipinski definition) is 0. The second-order valence-electron chi connectivity index (χ2n) is 5.28. The lowest BCUT2D eigenvalue weighted by Crippen LogP contribution is -2.28. The molecule has 0 radical (unpaired) electrons. The zero-order valence-electron chi connectivity index (χ0n) is 9.53. The summed E-state index contributed by atoms with van der Waals surface area (Å²) in [6.45, 7) is 11.1. The van der Waals surface area contributed by atoms with Crippen LogP contribution in [0.3, 0.4) is 0 Å². The van der Waals surface area contributed by atoms with Crippen molar-refractivity contribution in [2.75, 3.05) is 0 Å². The quantitative estimate of drug-likeness (QED) is 0.558. The van der Waals surface area contributed by atoms with Gasteiger partial charge in [-0.05, 0) is 37.5 Å². The lowest BCUT2D eigenvalue weighted by molar-refractivity contribution is 0.130. The first-order valence-corrected chi connectivity index (χ1v) is 5.69. The maximum absolute atomic E-state index is 4.02. The van der Waals surface area contributed by atoms with Gasteiger partial charge in [-0.2, -0.15) is 0 Å². The maximum Gasteiger partial charge on any atom is -0.0295 e. The predicted molar refractivity (Wildman–Crippen MR) is 59.8 cm³/mol. The summed E-state index contributed by atoms with van der Waals surface area (Å²) in [5, 5.41) is 0. The average molecular weight is 180 g/mol. The van der Waals surface area contributed by atoms with Crippen molar-refractivity contribution in [3.8, 4) is 0 Å². The summed E-state index contributed by atoms with van der Waals surface area (Å²) in [6, 6.07) is 0. The summed E-state index contributed by atoms with van der Waals surface area (Å²) in [5.41, 5.74) is 1.95. The highest BCUT2D eigenvalue weighted by atomic mass is 14.4. The summed E-state index contributed by atoms with van der Waals surface area (Å²) in [5.74, 6) is 0.824. The normalized spacial score (nSPS) is 23.9. The van der Waals surface area contributed by atoms with Crippen LogP contribution in [-0.4, -0.2) is 0 Å². The predicted octanol–water partition coefficient (Wildman–Crippen LogP) is 4.56. The third-order valence-electron chi connectivity index (χ3n) is 3.84. The van der Waals surface area contributed by atoms with E-state index >= 15 is 0 Å². The van der Waals surface area contributed by atoms with E-state index < -0.39 is 0 Å². The molecule has 0 N–H and O–H groups in total. The summed E-state index contributed by atoms with van der Waals surface area (Å²) in [7, 11) is 0. The Kier molecular flexibility index (Phi) is 3.58. The zero-order chi connectivity index (χ0) is 9.90. The highest BCUT2D eigenvalue weighted by Gasteiger charge is 2.32. The number of hydrogen-bond donors (Lipinski definition) is 0. The highest BCUT2D eigenvalue weighted by Crippen LogP contribution is 2.43. The van der Waals surface area contributed by atoms with E-state index in [-0.39, 0.29) is 0 Å². The van der Waals surface area contributed by atoms with Crippen LogP contribution in [-0.2, 0) is 0 Å². The van der Waals surface area contributed by atoms with E-state index in [9.17, 15) is 0 Å². The van der Waals surface area contributed by atoms with Crippen LogP contribution < -0.4 is 0 Å². The Hall–Kier alpha value is -0.260. The standard InChI is InChI=1S/C13H24/c1-11(2)10-12(3)13(4)8-6-5-7-9-13/h12H,1,5-10H2,2-4H3. The average Bonchev–Trinajstić information content (AvgIpc) is 2.04. The van der Waals surface area contributed by atoms with Crippen LogP contribution in [0.4, 0.5) is 0 Å². The fourth-order valence-electron chi connectivity index (χ4n) is 2.62. The molecular formula is C13H24. The molecule has 1 rings (SSSR count). The molecule has 0 heteroatoms. The van der Waals surface area contributed by atoms with Crippen molar-refractivity contribution in [2.45, 2.75) is 59.3 Å². The molecule has 0 nitrogen and oxygen atoms in total. The van der Waals surface area contributed by atoms with Crippen LogP contribution in [0, 0.1) is 11.3 Å². The molecule has 0 heterocycles. The Balaban J connectivity index is 2.51. The van der Waals surface area contributed by atoms with Crippen LogP contribution in [0.25, 0.3) is 0 Å². The molecule has 0 saturated heterocycles. The SMILES string of the molecule is C=C(C)CC(C)C1(C)CCCCC1. The van der Waals surface area contributed by atoms with Crippen molar-refractivity contribution in [3.05, 3.63) is 12.2 Å². The van der Waals surface area contributed by atoms with Crippen molar-refractivity contribution in [1.29, 1.82) is 0 Å². The van der Waals surface area contributed by atoms with E-state index in [2.05, 4.69) is 27.4 Å². The zero-order valence-corrected chi connectivity index (χ0v) is 9.53. The second kappa shape index (κ2) is 4.30. The van der Waals surface area contributed by atoms with E-state index in [0.717, 1.165) is 5.92 Å². The molecule has 1 aliphatic carbocycles. The Morgan fingerprint density at radius 2 is 1.85 bits per heavy atom. The van der Waals surface area contributed by atoms with Crippen LogP contribution >= 0.6 is 0 Å². The fraction of sp³-hybridized carbons (Fsp3) is 0.846. The molecule has 13 heavy (non-hydrogen) atoms. The van der Waals surface area contributed by atoms with Crippen LogP contribution in [0.5, 0.6) is 0 Å². The van der Waals surface area contributed by atoms with Crippen molar-refractivity contribution < 1.29 is 0 Å². The van der Waals surface area contributed by atoms with Gasteiger partial charge in [0.2, 0.25) is 0 Å². The highest BCUT2D eigenvalue weighted by molar-refractivity contribution is 4.94. The van der Waals surface area contributed by atoms with Gasteiger partial charge in [0.15, 0.2) is 0 Å². The van der Waals surface area contributed by atoms with Gasteiger partial charge in [0.05, 0.1) is 0 Å². The first-order chi connectivity index (χ1) is 6.04. The number of allylic oxidation sites excluding steroid dienone is 1. The van der Waals surface area contributed by atoms with Gasteiger partial charge in [-0.25, -0.2) is 0 Å². The molecule has 0 aliphatic heterocycles. The largest absolute Gasteiger partial charge is 0.100 e. The van der Waals surface area contributed by atoms with Gasteiger partial charge in [-0.1, -0.05) is 38.7 Å². The van der Waals surface area contributed by atoms with Crippen molar-refractivity contribution in [2.24, 2.45) is 11.3 Å². The summed E-state index contributed by atoms with van der Waals surface area (Å²) in [4.78, 5) is 0. The Labute approximate surface area is 83.4 Å². The molecule has 1 atom stereocenters. The smallest absolute Gasteiger partial charge is 0.0295 e. The van der Waals surface area contributed by atoms with Crippen LogP contribution in [0.1, 0.15) is 59.3 Å². The minimum Gasteiger partial charge on any atom is -0.100 e. The fourth-order valence-corrected chi connectivity index (χ4v) is 2.62. The molecule has 0 spiro atoms. The molecule has 0 amide bonds. The topological polar surface area (TPSA) is 0 Å². The van der Waals surface area contributed by atoms with Crippen molar-refractivity contribution in [1.82, 2.24) is 0 Å². The van der Waals surface area contributed by atoms with Gasteiger partial charge in [-0.3, -0.25) is 0 Å². The lowest BCUT2D eigenvalue weighted by atomic mass is 9.66. The molecular weight excluding hydrogens is 156 g/mol. The van der Waals surface area contributed by atoms with E-state index in [1.807, 2.05) is 0 Å². The van der Waals surface area contributed by atoms with Gasteiger partial charge < -0.3 is 0 Å². The van der Waals surface area contributed by atoms with Crippen molar-refractivity contribution >= 4 is 0 Å². The third-order valence-corrected chi connectivity index (χ3v) is 3.84. The van der Waals surface area contributed by atoms with Crippen molar-refractivity contribution in [3.63, 3.8) is 0 Å². The summed E-state index contributed by atoms with van der Waals surface area (Å²) in [6.07, 6.45) is 8.42. The minimum atomic E-state index is 0.608. The Bertz CT molecular complexity index is 172. The molecule has 1 unspecified atom stereocenters. The molecule has 0 aromatic heterocycles. The molecule has 0 aromatic rings. The van der Waals surface area contributed by atoms with Gasteiger partial charge in [0.1, 0.15) is 0 Å². The summed E-state index contributed by atoms with van der Waals surface area (Å²) >= 11 is 0. The molecule has 1 fully saturated rings. The molecule has 1 saturated carbocycles. The first kappa shape index (κ1) is 10.8. The van der Waals surface area contributed by atoms with Gasteiger partial charge >= 0.3 is 0 Å². The third kappa shape index (κ3) is 2.86. The maximum atomic E-state index is 4.02. The monoisotopic (exact) mass is 180 g/mol. The molecule has 0 bridgehead atoms. The van der Waals surface area contributed by atoms with Crippen LogP contribution in [0.2, 0.25) is 0 Å². The van der Waals surface area contributed by atoms with Crippen LogP contribution in [0.15, 0.2) is 12.2 Å². The van der Waals surface area contributed by atoms with E-state index in [4.69, 9.17) is 0 Å². The molecule has 0 aromatic carbocycles. The first-order valence-electron chi connectivity index (χ1n) is 5.69. The Morgan fingerprint density at radius 3 is 2.31 bits per heavy atom. The van der Waals surface area contributed by atoms with E-state index in [0.29, 0.717) is 5.41 Å². The Morgan fingerprint density at radius 1 is 1.31 bits per heavy atom. The minimum absolute atomic E-state index is 0.608. The molecule has 76 valence electrons. The van der Waals surface area contributed by atoms with Gasteiger partial charge in [-0.15, -0.1) is 6.58 Å². The number of rotatable bonds is 3. The van der Waals surface area contributed by atoms with Gasteiger partial charge in [0.25, 0.3) is 0 Å². The van der Waals surface area contributed by atoms with E-state index in [1.54, 1.807) is 0 Å². The second-order valence-corrected chi connectivity index (χ2v) is 5.28.